The summed E-state index contributed by atoms with van der Waals surface area (Å²) in [6, 6.07) is 10.4. The van der Waals surface area contributed by atoms with Crippen molar-refractivity contribution in [3.05, 3.63) is 52.9 Å². The minimum atomic E-state index is -0.383. The molecule has 0 bridgehead atoms. The highest BCUT2D eigenvalue weighted by molar-refractivity contribution is 9.10. The molecule has 1 saturated heterocycles. The van der Waals surface area contributed by atoms with E-state index in [1.807, 2.05) is 23.5 Å². The molecule has 1 atom stereocenters. The number of nitrogens with two attached hydrogens (primary N) is 1. The Kier molecular flexibility index (Phi) is 3.90. The first-order chi connectivity index (χ1) is 10.1. The first-order valence-corrected chi connectivity index (χ1v) is 7.42. The molecular formula is C15H14BrN2O3+. The molecule has 21 heavy (non-hydrogen) atoms. The first kappa shape index (κ1) is 14.0. The summed E-state index contributed by atoms with van der Waals surface area (Å²) in [6.07, 6.45) is 1.81. The predicted molar refractivity (Wildman–Crippen MR) is 79.4 cm³/mol. The number of anilines is 1. The Morgan fingerprint density at radius 1 is 1.24 bits per heavy atom. The molecule has 5 nitrogen and oxygen atoms in total. The Bertz CT molecular complexity index is 652. The van der Waals surface area contributed by atoms with Gasteiger partial charge < -0.3 is 9.73 Å². The molecule has 2 heterocycles. The topological polar surface area (TPSA) is 67.1 Å². The highest BCUT2D eigenvalue weighted by atomic mass is 79.9. The van der Waals surface area contributed by atoms with Crippen molar-refractivity contribution in [3.8, 4) is 0 Å². The number of furan rings is 1. The van der Waals surface area contributed by atoms with Gasteiger partial charge in [0.2, 0.25) is 5.91 Å². The quantitative estimate of drug-likeness (QED) is 0.849. The van der Waals surface area contributed by atoms with E-state index in [1.165, 1.54) is 4.90 Å². The predicted octanol–water partition coefficient (Wildman–Crippen LogP) is 1.44. The van der Waals surface area contributed by atoms with E-state index < -0.39 is 0 Å². The van der Waals surface area contributed by atoms with Gasteiger partial charge in [-0.15, -0.1) is 0 Å². The lowest BCUT2D eigenvalue weighted by atomic mass is 10.2. The highest BCUT2D eigenvalue weighted by Gasteiger charge is 2.42. The molecule has 0 aliphatic carbocycles. The van der Waals surface area contributed by atoms with Crippen LogP contribution in [0.2, 0.25) is 0 Å². The molecule has 6 heteroatoms. The number of imide groups is 1. The van der Waals surface area contributed by atoms with E-state index in [0.717, 1.165) is 10.2 Å². The third-order valence-corrected chi connectivity index (χ3v) is 3.98. The van der Waals surface area contributed by atoms with Gasteiger partial charge in [-0.3, -0.25) is 9.59 Å². The minimum absolute atomic E-state index is 0.164. The molecule has 1 aliphatic rings. The Hall–Kier alpha value is -1.92. The Balaban J connectivity index is 1.71. The van der Waals surface area contributed by atoms with E-state index in [-0.39, 0.29) is 24.3 Å². The third kappa shape index (κ3) is 2.91. The van der Waals surface area contributed by atoms with Gasteiger partial charge in [0.15, 0.2) is 11.8 Å². The van der Waals surface area contributed by atoms with Crippen LogP contribution in [0.5, 0.6) is 0 Å². The Morgan fingerprint density at radius 3 is 2.67 bits per heavy atom. The summed E-state index contributed by atoms with van der Waals surface area (Å²) in [6.45, 7) is 0.546. The van der Waals surface area contributed by atoms with Crippen LogP contribution in [-0.4, -0.2) is 17.9 Å². The molecule has 0 radical (unpaired) electrons. The number of carbonyl (C=O) groups is 2. The van der Waals surface area contributed by atoms with Gasteiger partial charge in [-0.1, -0.05) is 15.9 Å². The zero-order valence-corrected chi connectivity index (χ0v) is 12.7. The average molecular weight is 350 g/mol. The number of rotatable bonds is 4. The standard InChI is InChI=1S/C15H13BrN2O3/c16-10-3-5-11(6-4-10)18-14(19)8-13(15(18)20)17-9-12-2-1-7-21-12/h1-7,13,17H,8-9H2/p+1/t13-/m1/s1. The van der Waals surface area contributed by atoms with E-state index in [0.29, 0.717) is 12.2 Å². The number of amides is 2. The number of nitrogens with zero attached hydrogens (tertiary/aromatic N) is 1. The van der Waals surface area contributed by atoms with E-state index in [2.05, 4.69) is 15.9 Å². The molecular weight excluding hydrogens is 336 g/mol. The van der Waals surface area contributed by atoms with Gasteiger partial charge in [-0.05, 0) is 36.4 Å². The molecule has 0 unspecified atom stereocenters. The zero-order valence-electron chi connectivity index (χ0n) is 11.2. The van der Waals surface area contributed by atoms with Crippen LogP contribution in [0.4, 0.5) is 5.69 Å². The zero-order chi connectivity index (χ0) is 14.8. The summed E-state index contributed by atoms with van der Waals surface area (Å²) in [4.78, 5) is 25.7. The smallest absolute Gasteiger partial charge is 0.292 e. The van der Waals surface area contributed by atoms with Crippen molar-refractivity contribution < 1.29 is 19.3 Å². The van der Waals surface area contributed by atoms with Crippen LogP contribution in [-0.2, 0) is 16.1 Å². The van der Waals surface area contributed by atoms with E-state index in [9.17, 15) is 9.59 Å². The molecule has 2 aromatic rings. The second kappa shape index (κ2) is 5.83. The summed E-state index contributed by atoms with van der Waals surface area (Å²) in [7, 11) is 0. The summed E-state index contributed by atoms with van der Waals surface area (Å²) < 4.78 is 6.14. The molecule has 1 fully saturated rings. The largest absolute Gasteiger partial charge is 0.463 e. The van der Waals surface area contributed by atoms with Gasteiger partial charge in [-0.25, -0.2) is 4.90 Å². The van der Waals surface area contributed by atoms with Gasteiger partial charge in [-0.2, -0.15) is 0 Å². The second-order valence-corrected chi connectivity index (χ2v) is 5.79. The average Bonchev–Trinajstić information content (AvgIpc) is 3.07. The number of halogens is 1. The SMILES string of the molecule is O=C1C[C@@H]([NH2+]Cc2ccco2)C(=O)N1c1ccc(Br)cc1. The minimum Gasteiger partial charge on any atom is -0.463 e. The number of hydrogen-bond acceptors (Lipinski definition) is 3. The molecule has 1 aromatic carbocycles. The van der Waals surface area contributed by atoms with Crippen molar-refractivity contribution in [2.24, 2.45) is 0 Å². The maximum Gasteiger partial charge on any atom is 0.292 e. The van der Waals surface area contributed by atoms with Crippen LogP contribution in [0.1, 0.15) is 12.2 Å². The van der Waals surface area contributed by atoms with Crippen molar-refractivity contribution in [2.45, 2.75) is 19.0 Å². The number of quaternary nitrogens is 1. The fourth-order valence-corrected chi connectivity index (χ4v) is 2.65. The summed E-state index contributed by atoms with van der Waals surface area (Å²) in [5.74, 6) is 0.453. The van der Waals surface area contributed by atoms with Crippen LogP contribution in [0.3, 0.4) is 0 Å². The van der Waals surface area contributed by atoms with E-state index in [1.54, 1.807) is 24.5 Å². The van der Waals surface area contributed by atoms with Gasteiger partial charge in [0.25, 0.3) is 5.91 Å². The molecule has 2 N–H and O–H groups in total. The first-order valence-electron chi connectivity index (χ1n) is 6.63. The van der Waals surface area contributed by atoms with Crippen molar-refractivity contribution >= 4 is 33.4 Å². The number of benzene rings is 1. The number of carbonyl (C=O) groups excluding carboxylic acids is 2. The monoisotopic (exact) mass is 349 g/mol. The molecule has 1 aliphatic heterocycles. The lowest BCUT2D eigenvalue weighted by Crippen LogP contribution is -2.90. The second-order valence-electron chi connectivity index (χ2n) is 4.87. The van der Waals surface area contributed by atoms with Crippen LogP contribution >= 0.6 is 15.9 Å². The van der Waals surface area contributed by atoms with Crippen molar-refractivity contribution in [1.82, 2.24) is 0 Å². The highest BCUT2D eigenvalue weighted by Crippen LogP contribution is 2.23. The maximum absolute atomic E-state index is 12.4. The molecule has 0 saturated carbocycles. The lowest BCUT2D eigenvalue weighted by molar-refractivity contribution is -0.691. The summed E-state index contributed by atoms with van der Waals surface area (Å²) in [5.41, 5.74) is 0.613. The normalized spacial score (nSPS) is 18.5. The Labute approximate surface area is 130 Å². The molecule has 0 spiro atoms. The molecule has 2 amide bonds. The Morgan fingerprint density at radius 2 is 2.00 bits per heavy atom. The van der Waals surface area contributed by atoms with Gasteiger partial charge in [0, 0.05) is 4.47 Å². The molecule has 3 rings (SSSR count). The van der Waals surface area contributed by atoms with E-state index in [4.69, 9.17) is 4.42 Å². The fourth-order valence-electron chi connectivity index (χ4n) is 2.39. The van der Waals surface area contributed by atoms with Gasteiger partial charge >= 0.3 is 0 Å². The van der Waals surface area contributed by atoms with Crippen LogP contribution < -0.4 is 10.2 Å². The van der Waals surface area contributed by atoms with Gasteiger partial charge in [0.1, 0.15) is 6.54 Å². The van der Waals surface area contributed by atoms with Crippen LogP contribution in [0.25, 0.3) is 0 Å². The van der Waals surface area contributed by atoms with Crippen molar-refractivity contribution in [2.75, 3.05) is 4.90 Å². The molecule has 1 aromatic heterocycles. The van der Waals surface area contributed by atoms with Crippen LogP contribution in [0.15, 0.2) is 51.6 Å². The van der Waals surface area contributed by atoms with Crippen molar-refractivity contribution in [3.63, 3.8) is 0 Å². The maximum atomic E-state index is 12.4. The number of hydrogen-bond donors (Lipinski definition) is 1. The van der Waals surface area contributed by atoms with Crippen molar-refractivity contribution in [1.29, 1.82) is 0 Å². The van der Waals surface area contributed by atoms with Gasteiger partial charge in [0.05, 0.1) is 18.4 Å². The lowest BCUT2D eigenvalue weighted by Gasteiger charge is -2.14. The van der Waals surface area contributed by atoms with Crippen LogP contribution in [0, 0.1) is 0 Å². The summed E-state index contributed by atoms with van der Waals surface area (Å²) in [5, 5.41) is 1.85. The third-order valence-electron chi connectivity index (χ3n) is 3.45. The molecule has 108 valence electrons. The fraction of sp³-hybridized carbons (Fsp3) is 0.200. The van der Waals surface area contributed by atoms with E-state index >= 15 is 0 Å². The summed E-state index contributed by atoms with van der Waals surface area (Å²) >= 11 is 3.34.